The highest BCUT2D eigenvalue weighted by Crippen LogP contribution is 2.42. The molecular formula is C54H39N. The Bertz CT molecular complexity index is 2640. The molecule has 9 aromatic rings. The van der Waals surface area contributed by atoms with Crippen molar-refractivity contribution in [1.82, 2.24) is 0 Å². The molecule has 0 aliphatic carbocycles. The molecule has 9 rings (SSSR count). The molecule has 0 bridgehead atoms. The Morgan fingerprint density at radius 2 is 0.400 bits per heavy atom. The molecule has 55 heavy (non-hydrogen) atoms. The lowest BCUT2D eigenvalue weighted by atomic mass is 9.87. The molecule has 0 aliphatic heterocycles. The van der Waals surface area contributed by atoms with E-state index in [2.05, 4.69) is 241 Å². The van der Waals surface area contributed by atoms with Gasteiger partial charge in [0.05, 0.1) is 0 Å². The highest BCUT2D eigenvalue weighted by atomic mass is 15.1. The zero-order valence-electron chi connectivity index (χ0n) is 30.5. The van der Waals surface area contributed by atoms with Crippen molar-refractivity contribution in [3.05, 3.63) is 237 Å². The fraction of sp³-hybridized carbons (Fsp3) is 0. The second-order valence-electron chi connectivity index (χ2n) is 13.7. The number of anilines is 3. The van der Waals surface area contributed by atoms with Gasteiger partial charge in [-0.2, -0.15) is 0 Å². The van der Waals surface area contributed by atoms with E-state index in [0.29, 0.717) is 0 Å². The molecule has 0 aliphatic rings. The molecule has 1 nitrogen and oxygen atoms in total. The highest BCUT2D eigenvalue weighted by Gasteiger charge is 2.17. The van der Waals surface area contributed by atoms with Gasteiger partial charge in [0.15, 0.2) is 0 Å². The van der Waals surface area contributed by atoms with Crippen molar-refractivity contribution in [3.8, 4) is 66.8 Å². The summed E-state index contributed by atoms with van der Waals surface area (Å²) in [6.45, 7) is 0. The molecule has 0 unspecified atom stereocenters. The van der Waals surface area contributed by atoms with Crippen LogP contribution in [0.3, 0.4) is 0 Å². The number of hydrogen-bond donors (Lipinski definition) is 0. The molecule has 0 atom stereocenters. The molecule has 0 fully saturated rings. The maximum Gasteiger partial charge on any atom is 0.0462 e. The summed E-state index contributed by atoms with van der Waals surface area (Å²) in [6.07, 6.45) is 0. The first-order valence-electron chi connectivity index (χ1n) is 18.8. The number of benzene rings is 9. The average molecular weight is 702 g/mol. The van der Waals surface area contributed by atoms with Gasteiger partial charge in [-0.05, 0) is 103 Å². The van der Waals surface area contributed by atoms with Crippen LogP contribution in [0, 0.1) is 0 Å². The first kappa shape index (κ1) is 33.6. The third kappa shape index (κ3) is 7.00. The quantitative estimate of drug-likeness (QED) is 0.145. The van der Waals surface area contributed by atoms with E-state index in [1.165, 1.54) is 66.8 Å². The lowest BCUT2D eigenvalue weighted by Crippen LogP contribution is -2.09. The molecule has 0 heterocycles. The smallest absolute Gasteiger partial charge is 0.0462 e. The van der Waals surface area contributed by atoms with E-state index in [-0.39, 0.29) is 0 Å². The fourth-order valence-electron chi connectivity index (χ4n) is 7.61. The molecule has 0 aromatic heterocycles. The minimum absolute atomic E-state index is 1.10. The van der Waals surface area contributed by atoms with Gasteiger partial charge in [0.1, 0.15) is 0 Å². The van der Waals surface area contributed by atoms with E-state index < -0.39 is 0 Å². The topological polar surface area (TPSA) is 3.24 Å². The maximum absolute atomic E-state index is 2.33. The largest absolute Gasteiger partial charge is 0.311 e. The van der Waals surface area contributed by atoms with Crippen LogP contribution in [0.15, 0.2) is 237 Å². The minimum Gasteiger partial charge on any atom is -0.311 e. The Morgan fingerprint density at radius 1 is 0.164 bits per heavy atom. The van der Waals surface area contributed by atoms with Crippen LogP contribution >= 0.6 is 0 Å². The molecule has 260 valence electrons. The summed E-state index contributed by atoms with van der Waals surface area (Å²) in [4.78, 5) is 2.33. The zero-order chi connectivity index (χ0) is 36.8. The Labute approximate surface area is 324 Å². The van der Waals surface area contributed by atoms with Crippen LogP contribution in [-0.4, -0.2) is 0 Å². The van der Waals surface area contributed by atoms with Gasteiger partial charge in [0, 0.05) is 17.1 Å². The van der Waals surface area contributed by atoms with E-state index in [1.807, 2.05) is 0 Å². The van der Waals surface area contributed by atoms with Crippen LogP contribution in [-0.2, 0) is 0 Å². The lowest BCUT2D eigenvalue weighted by molar-refractivity contribution is 1.28. The predicted molar refractivity (Wildman–Crippen MR) is 234 cm³/mol. The SMILES string of the molecule is c1ccc(-c2ccc(-c3ccc(N(c4ccccc4)c4ccc(-c5ccccc5-c5ccccc5-c5ccccc5-c5ccccc5)cc4)cc3)cc2)cc1. The summed E-state index contributed by atoms with van der Waals surface area (Å²) in [5, 5.41) is 0. The van der Waals surface area contributed by atoms with E-state index in [9.17, 15) is 0 Å². The Kier molecular flexibility index (Phi) is 9.41. The first-order valence-corrected chi connectivity index (χ1v) is 18.8. The van der Waals surface area contributed by atoms with Gasteiger partial charge in [0.25, 0.3) is 0 Å². The van der Waals surface area contributed by atoms with Gasteiger partial charge in [-0.3, -0.25) is 0 Å². The van der Waals surface area contributed by atoms with Crippen LogP contribution in [0.25, 0.3) is 66.8 Å². The van der Waals surface area contributed by atoms with Crippen LogP contribution < -0.4 is 4.90 Å². The van der Waals surface area contributed by atoms with Crippen molar-refractivity contribution >= 4 is 17.1 Å². The van der Waals surface area contributed by atoms with Gasteiger partial charge in [-0.1, -0.05) is 200 Å². The van der Waals surface area contributed by atoms with Crippen molar-refractivity contribution < 1.29 is 0 Å². The normalized spacial score (nSPS) is 10.9. The Morgan fingerprint density at radius 3 is 0.818 bits per heavy atom. The fourth-order valence-corrected chi connectivity index (χ4v) is 7.61. The van der Waals surface area contributed by atoms with Crippen molar-refractivity contribution in [1.29, 1.82) is 0 Å². The summed E-state index contributed by atoms with van der Waals surface area (Å²) >= 11 is 0. The van der Waals surface area contributed by atoms with E-state index in [0.717, 1.165) is 17.1 Å². The predicted octanol–water partition coefficient (Wildman–Crippen LogP) is 15.2. The standard InChI is InChI=1S/C54H39N/c1-4-16-40(17-5-1)41-28-30-42(31-29-41)43-32-36-47(37-33-43)55(46-20-8-3-9-21-46)48-38-34-45(35-39-48)50-23-11-13-25-52(50)54-27-15-14-26-53(54)51-24-12-10-22-49(51)44-18-6-2-7-19-44/h1-39H. The number of nitrogens with zero attached hydrogens (tertiary/aromatic N) is 1. The van der Waals surface area contributed by atoms with Crippen LogP contribution in [0.4, 0.5) is 17.1 Å². The lowest BCUT2D eigenvalue weighted by Gasteiger charge is -2.26. The molecule has 1 heteroatoms. The summed E-state index contributed by atoms with van der Waals surface area (Å²) in [5.41, 5.74) is 17.8. The summed E-state index contributed by atoms with van der Waals surface area (Å²) in [7, 11) is 0. The number of hydrogen-bond acceptors (Lipinski definition) is 1. The van der Waals surface area contributed by atoms with Crippen molar-refractivity contribution in [3.63, 3.8) is 0 Å². The van der Waals surface area contributed by atoms with Gasteiger partial charge < -0.3 is 4.90 Å². The van der Waals surface area contributed by atoms with Crippen molar-refractivity contribution in [2.75, 3.05) is 4.90 Å². The highest BCUT2D eigenvalue weighted by molar-refractivity contribution is 5.96. The van der Waals surface area contributed by atoms with Crippen LogP contribution in [0.5, 0.6) is 0 Å². The van der Waals surface area contributed by atoms with Crippen LogP contribution in [0.2, 0.25) is 0 Å². The molecule has 0 spiro atoms. The monoisotopic (exact) mass is 701 g/mol. The zero-order valence-corrected chi connectivity index (χ0v) is 30.5. The first-order chi connectivity index (χ1) is 27.3. The summed E-state index contributed by atoms with van der Waals surface area (Å²) < 4.78 is 0. The van der Waals surface area contributed by atoms with E-state index in [1.54, 1.807) is 0 Å². The summed E-state index contributed by atoms with van der Waals surface area (Å²) in [5.74, 6) is 0. The second kappa shape index (κ2) is 15.4. The molecule has 0 N–H and O–H groups in total. The van der Waals surface area contributed by atoms with Gasteiger partial charge in [-0.15, -0.1) is 0 Å². The third-order valence-electron chi connectivity index (χ3n) is 10.3. The number of rotatable bonds is 9. The van der Waals surface area contributed by atoms with Crippen molar-refractivity contribution in [2.45, 2.75) is 0 Å². The van der Waals surface area contributed by atoms with E-state index in [4.69, 9.17) is 0 Å². The molecule has 0 saturated heterocycles. The van der Waals surface area contributed by atoms with E-state index >= 15 is 0 Å². The number of para-hydroxylation sites is 1. The van der Waals surface area contributed by atoms with Gasteiger partial charge >= 0.3 is 0 Å². The molecular weight excluding hydrogens is 663 g/mol. The van der Waals surface area contributed by atoms with Crippen molar-refractivity contribution in [2.24, 2.45) is 0 Å². The summed E-state index contributed by atoms with van der Waals surface area (Å²) in [6, 6.07) is 84.8. The second-order valence-corrected chi connectivity index (χ2v) is 13.7. The minimum atomic E-state index is 1.10. The average Bonchev–Trinajstić information content (AvgIpc) is 3.28. The van der Waals surface area contributed by atoms with Crippen LogP contribution in [0.1, 0.15) is 0 Å². The Hall–Kier alpha value is -7.22. The maximum atomic E-state index is 2.33. The van der Waals surface area contributed by atoms with Gasteiger partial charge in [-0.25, -0.2) is 0 Å². The molecule has 0 radical (unpaired) electrons. The molecule has 0 saturated carbocycles. The molecule has 0 amide bonds. The van der Waals surface area contributed by atoms with Gasteiger partial charge in [0.2, 0.25) is 0 Å². The Balaban J connectivity index is 1.05. The third-order valence-corrected chi connectivity index (χ3v) is 10.3. The molecule has 9 aromatic carbocycles.